The lowest BCUT2D eigenvalue weighted by molar-refractivity contribution is 0.616. The molecular formula is C10H17ClN2S. The van der Waals surface area contributed by atoms with Gasteiger partial charge in [0, 0.05) is 11.4 Å². The summed E-state index contributed by atoms with van der Waals surface area (Å²) in [6.45, 7) is 9.14. The van der Waals surface area contributed by atoms with E-state index in [4.69, 9.17) is 11.6 Å². The molecule has 0 amide bonds. The van der Waals surface area contributed by atoms with E-state index in [-0.39, 0.29) is 5.38 Å². The van der Waals surface area contributed by atoms with Gasteiger partial charge in [-0.05, 0) is 19.8 Å². The molecule has 14 heavy (non-hydrogen) atoms. The van der Waals surface area contributed by atoms with Crippen molar-refractivity contribution in [2.75, 3.05) is 11.9 Å². The summed E-state index contributed by atoms with van der Waals surface area (Å²) < 4.78 is 0. The van der Waals surface area contributed by atoms with Crippen LogP contribution in [0, 0.1) is 19.8 Å². The van der Waals surface area contributed by atoms with Crippen molar-refractivity contribution < 1.29 is 0 Å². The summed E-state index contributed by atoms with van der Waals surface area (Å²) in [6.07, 6.45) is 0. The highest BCUT2D eigenvalue weighted by Crippen LogP contribution is 2.21. The first-order chi connectivity index (χ1) is 6.50. The largest absolute Gasteiger partial charge is 0.360 e. The van der Waals surface area contributed by atoms with Gasteiger partial charge in [-0.25, -0.2) is 4.98 Å². The second kappa shape index (κ2) is 4.99. The normalized spacial score (nSPS) is 13.3. The van der Waals surface area contributed by atoms with Gasteiger partial charge in [-0.15, -0.1) is 22.9 Å². The molecule has 0 fully saturated rings. The number of alkyl halides is 1. The van der Waals surface area contributed by atoms with Crippen LogP contribution in [0.3, 0.4) is 0 Å². The highest BCUT2D eigenvalue weighted by molar-refractivity contribution is 7.15. The Balaban J connectivity index is 2.46. The average Bonchev–Trinajstić information content (AvgIpc) is 2.42. The number of nitrogens with one attached hydrogen (secondary N) is 1. The quantitative estimate of drug-likeness (QED) is 0.805. The summed E-state index contributed by atoms with van der Waals surface area (Å²) >= 11 is 7.81. The minimum atomic E-state index is 0.166. The molecule has 0 aliphatic rings. The molecule has 0 radical (unpaired) electrons. The maximum Gasteiger partial charge on any atom is 0.183 e. The van der Waals surface area contributed by atoms with Gasteiger partial charge >= 0.3 is 0 Å². The molecule has 1 heterocycles. The second-order valence-corrected chi connectivity index (χ2v) is 5.57. The van der Waals surface area contributed by atoms with Crippen molar-refractivity contribution in [1.29, 1.82) is 0 Å². The Kier molecular flexibility index (Phi) is 4.20. The maximum atomic E-state index is 6.13. The van der Waals surface area contributed by atoms with E-state index in [1.165, 1.54) is 4.88 Å². The lowest BCUT2D eigenvalue weighted by Crippen LogP contribution is -2.19. The number of hydrogen-bond acceptors (Lipinski definition) is 3. The van der Waals surface area contributed by atoms with Gasteiger partial charge in [0.15, 0.2) is 5.13 Å². The van der Waals surface area contributed by atoms with Crippen LogP contribution < -0.4 is 5.32 Å². The van der Waals surface area contributed by atoms with Crippen LogP contribution in [0.1, 0.15) is 24.4 Å². The Morgan fingerprint density at radius 3 is 2.50 bits per heavy atom. The zero-order chi connectivity index (χ0) is 10.7. The summed E-state index contributed by atoms with van der Waals surface area (Å²) in [6, 6.07) is 0. The summed E-state index contributed by atoms with van der Waals surface area (Å²) in [4.78, 5) is 5.66. The Morgan fingerprint density at radius 1 is 1.43 bits per heavy atom. The van der Waals surface area contributed by atoms with E-state index in [0.29, 0.717) is 5.92 Å². The first-order valence-corrected chi connectivity index (χ1v) is 6.08. The molecule has 0 saturated heterocycles. The van der Waals surface area contributed by atoms with Gasteiger partial charge in [-0.1, -0.05) is 13.8 Å². The third kappa shape index (κ3) is 3.14. The fourth-order valence-corrected chi connectivity index (χ4v) is 1.87. The third-order valence-electron chi connectivity index (χ3n) is 2.20. The van der Waals surface area contributed by atoms with Gasteiger partial charge in [-0.2, -0.15) is 0 Å². The van der Waals surface area contributed by atoms with Crippen molar-refractivity contribution in [2.24, 2.45) is 5.92 Å². The van der Waals surface area contributed by atoms with E-state index in [2.05, 4.69) is 31.1 Å². The summed E-state index contributed by atoms with van der Waals surface area (Å²) in [5.74, 6) is 0.492. The first-order valence-electron chi connectivity index (χ1n) is 4.82. The fourth-order valence-electron chi connectivity index (χ4n) is 0.969. The zero-order valence-corrected chi connectivity index (χ0v) is 10.7. The number of hydrogen-bond donors (Lipinski definition) is 1. The molecule has 80 valence electrons. The summed E-state index contributed by atoms with van der Waals surface area (Å²) in [5.41, 5.74) is 1.10. The van der Waals surface area contributed by atoms with Crippen LogP contribution in [-0.4, -0.2) is 16.9 Å². The van der Waals surface area contributed by atoms with Crippen molar-refractivity contribution in [1.82, 2.24) is 4.98 Å². The standard InChI is InChI=1S/C10H17ClN2S/c1-6(2)9(11)5-12-10-13-7(3)8(4)14-10/h6,9H,5H2,1-4H3,(H,12,13). The van der Waals surface area contributed by atoms with Crippen LogP contribution in [0.5, 0.6) is 0 Å². The van der Waals surface area contributed by atoms with Crippen LogP contribution in [0.4, 0.5) is 5.13 Å². The van der Waals surface area contributed by atoms with E-state index >= 15 is 0 Å². The maximum absolute atomic E-state index is 6.13. The van der Waals surface area contributed by atoms with Crippen molar-refractivity contribution in [3.8, 4) is 0 Å². The van der Waals surface area contributed by atoms with Crippen LogP contribution in [-0.2, 0) is 0 Å². The third-order valence-corrected chi connectivity index (χ3v) is 3.89. The Hall–Kier alpha value is -0.280. The zero-order valence-electron chi connectivity index (χ0n) is 9.10. The molecule has 0 saturated carbocycles. The molecule has 2 nitrogen and oxygen atoms in total. The molecule has 0 bridgehead atoms. The number of anilines is 1. The van der Waals surface area contributed by atoms with Crippen molar-refractivity contribution in [2.45, 2.75) is 33.1 Å². The van der Waals surface area contributed by atoms with E-state index < -0.39 is 0 Å². The molecular weight excluding hydrogens is 216 g/mol. The van der Waals surface area contributed by atoms with Crippen molar-refractivity contribution >= 4 is 28.1 Å². The smallest absolute Gasteiger partial charge is 0.183 e. The molecule has 1 N–H and O–H groups in total. The van der Waals surface area contributed by atoms with Gasteiger partial charge in [-0.3, -0.25) is 0 Å². The molecule has 0 aliphatic heterocycles. The van der Waals surface area contributed by atoms with Gasteiger partial charge in [0.1, 0.15) is 0 Å². The lowest BCUT2D eigenvalue weighted by Gasteiger charge is -2.13. The molecule has 0 aliphatic carbocycles. The molecule has 1 aromatic rings. The monoisotopic (exact) mass is 232 g/mol. The van der Waals surface area contributed by atoms with Crippen LogP contribution >= 0.6 is 22.9 Å². The fraction of sp³-hybridized carbons (Fsp3) is 0.700. The summed E-state index contributed by atoms with van der Waals surface area (Å²) in [7, 11) is 0. The van der Waals surface area contributed by atoms with E-state index in [1.807, 2.05) is 6.92 Å². The van der Waals surface area contributed by atoms with Gasteiger partial charge in [0.2, 0.25) is 0 Å². The van der Waals surface area contributed by atoms with Gasteiger partial charge in [0.25, 0.3) is 0 Å². The predicted molar refractivity (Wildman–Crippen MR) is 64.6 cm³/mol. The molecule has 1 rings (SSSR count). The number of thiazole rings is 1. The minimum absolute atomic E-state index is 0.166. The molecule has 4 heteroatoms. The van der Waals surface area contributed by atoms with Crippen molar-refractivity contribution in [3.05, 3.63) is 10.6 Å². The van der Waals surface area contributed by atoms with Gasteiger partial charge in [0.05, 0.1) is 11.1 Å². The van der Waals surface area contributed by atoms with Crippen LogP contribution in [0.25, 0.3) is 0 Å². The van der Waals surface area contributed by atoms with E-state index in [1.54, 1.807) is 11.3 Å². The highest BCUT2D eigenvalue weighted by Gasteiger charge is 2.10. The molecule has 1 unspecified atom stereocenters. The number of nitrogens with zero attached hydrogens (tertiary/aromatic N) is 1. The molecule has 0 spiro atoms. The SMILES string of the molecule is Cc1nc(NCC(Cl)C(C)C)sc1C. The van der Waals surface area contributed by atoms with Crippen molar-refractivity contribution in [3.63, 3.8) is 0 Å². The first kappa shape index (κ1) is 11.8. The molecule has 1 atom stereocenters. The number of rotatable bonds is 4. The topological polar surface area (TPSA) is 24.9 Å². The number of aryl methyl sites for hydroxylation is 2. The average molecular weight is 233 g/mol. The Morgan fingerprint density at radius 2 is 2.07 bits per heavy atom. The molecule has 0 aromatic carbocycles. The van der Waals surface area contributed by atoms with Gasteiger partial charge < -0.3 is 5.32 Å². The minimum Gasteiger partial charge on any atom is -0.360 e. The Bertz CT molecular complexity index is 277. The Labute approximate surface area is 94.7 Å². The number of halogens is 1. The van der Waals surface area contributed by atoms with E-state index in [0.717, 1.165) is 17.4 Å². The summed E-state index contributed by atoms with van der Waals surface area (Å²) in [5, 5.41) is 4.41. The van der Waals surface area contributed by atoms with Crippen LogP contribution in [0.15, 0.2) is 0 Å². The van der Waals surface area contributed by atoms with E-state index in [9.17, 15) is 0 Å². The molecule has 1 aromatic heterocycles. The highest BCUT2D eigenvalue weighted by atomic mass is 35.5. The predicted octanol–water partition coefficient (Wildman–Crippen LogP) is 3.44. The number of aromatic nitrogens is 1. The lowest BCUT2D eigenvalue weighted by atomic mass is 10.1. The van der Waals surface area contributed by atoms with Crippen LogP contribution in [0.2, 0.25) is 0 Å². The second-order valence-electron chi connectivity index (χ2n) is 3.80.